The number of piperidine rings is 1. The molecule has 2 amide bonds. The normalized spacial score (nSPS) is 21.3. The molecule has 0 bridgehead atoms. The van der Waals surface area contributed by atoms with Crippen molar-refractivity contribution < 1.29 is 18.7 Å². The van der Waals surface area contributed by atoms with E-state index in [-0.39, 0.29) is 29.9 Å². The number of benzene rings is 1. The third-order valence-corrected chi connectivity index (χ3v) is 7.15. The van der Waals surface area contributed by atoms with Gasteiger partial charge in [0.2, 0.25) is 0 Å². The third kappa shape index (κ3) is 8.25. The molecule has 2 heterocycles. The van der Waals surface area contributed by atoms with Crippen LogP contribution in [0, 0.1) is 11.7 Å². The first-order valence-electron chi connectivity index (χ1n) is 13.4. The minimum absolute atomic E-state index is 0.118. The number of hydrogen-bond acceptors (Lipinski definition) is 5. The fourth-order valence-corrected chi connectivity index (χ4v) is 5.20. The monoisotopic (exact) mass is 510 g/mol. The second-order valence-electron chi connectivity index (χ2n) is 11.4. The summed E-state index contributed by atoms with van der Waals surface area (Å²) in [4.78, 5) is 31.6. The molecule has 1 aromatic carbocycles. The van der Waals surface area contributed by atoms with Crippen molar-refractivity contribution in [3.8, 4) is 11.3 Å². The molecule has 2 aromatic rings. The van der Waals surface area contributed by atoms with Crippen molar-refractivity contribution in [3.05, 3.63) is 54.0 Å². The van der Waals surface area contributed by atoms with Crippen molar-refractivity contribution in [2.75, 3.05) is 19.6 Å². The number of carbonyl (C=O) groups is 2. The minimum atomic E-state index is -0.474. The van der Waals surface area contributed by atoms with E-state index >= 15 is 0 Å². The highest BCUT2D eigenvalue weighted by atomic mass is 19.1. The summed E-state index contributed by atoms with van der Waals surface area (Å²) in [5, 5.41) is 6.17. The number of nitrogens with one attached hydrogen (secondary N) is 2. The Kier molecular flexibility index (Phi) is 8.79. The van der Waals surface area contributed by atoms with Crippen LogP contribution in [-0.2, 0) is 4.74 Å². The van der Waals surface area contributed by atoms with Crippen molar-refractivity contribution in [1.82, 2.24) is 20.5 Å². The van der Waals surface area contributed by atoms with Crippen molar-refractivity contribution in [2.24, 2.45) is 5.92 Å². The highest BCUT2D eigenvalue weighted by Gasteiger charge is 2.28. The van der Waals surface area contributed by atoms with E-state index in [2.05, 4.69) is 20.5 Å². The lowest BCUT2D eigenvalue weighted by Gasteiger charge is -2.37. The highest BCUT2D eigenvalue weighted by Crippen LogP contribution is 2.27. The molecule has 37 heavy (non-hydrogen) atoms. The maximum atomic E-state index is 13.5. The molecule has 7 nitrogen and oxygen atoms in total. The molecule has 0 unspecified atom stereocenters. The van der Waals surface area contributed by atoms with Gasteiger partial charge in [-0.05, 0) is 89.5 Å². The van der Waals surface area contributed by atoms with E-state index < -0.39 is 5.60 Å². The van der Waals surface area contributed by atoms with Gasteiger partial charge in [0.1, 0.15) is 11.4 Å². The van der Waals surface area contributed by atoms with Gasteiger partial charge in [0.25, 0.3) is 5.91 Å². The molecule has 1 saturated heterocycles. The topological polar surface area (TPSA) is 83.6 Å². The van der Waals surface area contributed by atoms with E-state index in [1.807, 2.05) is 20.8 Å². The Morgan fingerprint density at radius 3 is 2.32 bits per heavy atom. The first kappa shape index (κ1) is 27.0. The van der Waals surface area contributed by atoms with Gasteiger partial charge in [-0.25, -0.2) is 9.18 Å². The molecule has 2 aliphatic rings. The second kappa shape index (κ2) is 12.0. The van der Waals surface area contributed by atoms with Gasteiger partial charge in [-0.2, -0.15) is 0 Å². The lowest BCUT2D eigenvalue weighted by Crippen LogP contribution is -2.46. The highest BCUT2D eigenvalue weighted by molar-refractivity contribution is 5.94. The lowest BCUT2D eigenvalue weighted by molar-refractivity contribution is 0.0482. The van der Waals surface area contributed by atoms with Crippen LogP contribution in [0.3, 0.4) is 0 Å². The fourth-order valence-electron chi connectivity index (χ4n) is 5.20. The number of likely N-dealkylation sites (tertiary alicyclic amines) is 1. The number of rotatable bonds is 6. The smallest absolute Gasteiger partial charge is 0.407 e. The first-order valence-corrected chi connectivity index (χ1v) is 13.4. The van der Waals surface area contributed by atoms with E-state index in [0.29, 0.717) is 22.7 Å². The number of halogens is 1. The van der Waals surface area contributed by atoms with E-state index in [4.69, 9.17) is 4.74 Å². The molecule has 0 spiro atoms. The molecule has 1 aliphatic heterocycles. The minimum Gasteiger partial charge on any atom is -0.444 e. The maximum Gasteiger partial charge on any atom is 0.407 e. The van der Waals surface area contributed by atoms with Crippen LogP contribution >= 0.6 is 0 Å². The van der Waals surface area contributed by atoms with Gasteiger partial charge < -0.3 is 20.3 Å². The number of ether oxygens (including phenoxy) is 1. The van der Waals surface area contributed by atoms with Crippen LogP contribution < -0.4 is 10.6 Å². The van der Waals surface area contributed by atoms with Crippen LogP contribution in [-0.4, -0.2) is 59.2 Å². The van der Waals surface area contributed by atoms with Gasteiger partial charge in [-0.15, -0.1) is 0 Å². The van der Waals surface area contributed by atoms with E-state index in [1.165, 1.54) is 12.1 Å². The number of aromatic nitrogens is 1. The molecular weight excluding hydrogens is 471 g/mol. The quantitative estimate of drug-likeness (QED) is 0.561. The number of alkyl carbamates (subject to hydrolysis) is 1. The average molecular weight is 511 g/mol. The summed E-state index contributed by atoms with van der Waals surface area (Å²) in [5.41, 5.74) is 1.36. The van der Waals surface area contributed by atoms with Crippen LogP contribution in [0.1, 0.15) is 69.7 Å². The number of nitrogens with zero attached hydrogens (tertiary/aromatic N) is 2. The van der Waals surface area contributed by atoms with Gasteiger partial charge >= 0.3 is 6.09 Å². The zero-order chi connectivity index (χ0) is 26.4. The molecule has 1 saturated carbocycles. The number of amides is 2. The Hall–Kier alpha value is -3.00. The largest absolute Gasteiger partial charge is 0.444 e. The zero-order valence-electron chi connectivity index (χ0n) is 22.1. The molecule has 0 radical (unpaired) electrons. The third-order valence-electron chi connectivity index (χ3n) is 7.15. The van der Waals surface area contributed by atoms with Crippen LogP contribution in [0.4, 0.5) is 9.18 Å². The second-order valence-corrected chi connectivity index (χ2v) is 11.4. The number of hydrogen-bond donors (Lipinski definition) is 2. The van der Waals surface area contributed by atoms with Gasteiger partial charge in [-0.3, -0.25) is 9.78 Å². The summed E-state index contributed by atoms with van der Waals surface area (Å²) < 4.78 is 18.8. The van der Waals surface area contributed by atoms with Gasteiger partial charge in [0, 0.05) is 43.5 Å². The number of pyridine rings is 1. The molecule has 1 aliphatic carbocycles. The predicted molar refractivity (Wildman–Crippen MR) is 142 cm³/mol. The van der Waals surface area contributed by atoms with Gasteiger partial charge in [0.05, 0.1) is 11.3 Å². The Bertz CT molecular complexity index is 1050. The lowest BCUT2D eigenvalue weighted by atomic mass is 9.85. The van der Waals surface area contributed by atoms with Crippen LogP contribution in [0.2, 0.25) is 0 Å². The molecule has 2 fully saturated rings. The fraction of sp³-hybridized carbons (Fsp3) is 0.552. The summed E-state index contributed by atoms with van der Waals surface area (Å²) in [6.45, 7) is 8.65. The van der Waals surface area contributed by atoms with E-state index in [9.17, 15) is 14.0 Å². The Balaban J connectivity index is 1.16. The Labute approximate surface area is 219 Å². The van der Waals surface area contributed by atoms with Crippen molar-refractivity contribution in [1.29, 1.82) is 0 Å². The van der Waals surface area contributed by atoms with Crippen LogP contribution in [0.5, 0.6) is 0 Å². The molecule has 200 valence electrons. The molecule has 4 rings (SSSR count). The van der Waals surface area contributed by atoms with Gasteiger partial charge in [0.15, 0.2) is 0 Å². The van der Waals surface area contributed by atoms with Crippen molar-refractivity contribution in [2.45, 2.75) is 77.0 Å². The van der Waals surface area contributed by atoms with E-state index in [0.717, 1.165) is 58.2 Å². The summed E-state index contributed by atoms with van der Waals surface area (Å²) in [6.07, 6.45) is 7.28. The summed E-state index contributed by atoms with van der Waals surface area (Å²) in [6, 6.07) is 10.1. The summed E-state index contributed by atoms with van der Waals surface area (Å²) in [5.74, 6) is 0.216. The molecular formula is C29H39FN4O3. The molecule has 2 N–H and O–H groups in total. The summed E-state index contributed by atoms with van der Waals surface area (Å²) >= 11 is 0. The van der Waals surface area contributed by atoms with Crippen LogP contribution in [0.15, 0.2) is 42.6 Å². The Morgan fingerprint density at radius 1 is 1.00 bits per heavy atom. The van der Waals surface area contributed by atoms with E-state index in [1.54, 1.807) is 30.5 Å². The van der Waals surface area contributed by atoms with Crippen LogP contribution in [0.25, 0.3) is 11.3 Å². The van der Waals surface area contributed by atoms with Gasteiger partial charge in [-0.1, -0.05) is 12.1 Å². The van der Waals surface area contributed by atoms with Crippen molar-refractivity contribution >= 4 is 12.0 Å². The maximum absolute atomic E-state index is 13.5. The number of carbonyl (C=O) groups excluding carboxylic acids is 2. The average Bonchev–Trinajstić information content (AvgIpc) is 2.85. The molecule has 1 aromatic heterocycles. The standard InChI is InChI=1S/C29H39FN4O3/c1-29(2,3)37-28(36)33-24-10-7-20(8-11-24)19-34-15-13-25(14-16-34)32-27(35)22-9-12-26(31-18-22)21-5-4-6-23(30)17-21/h4-6,9,12,17-18,20,24-25H,7-8,10-11,13-16,19H2,1-3H3,(H,32,35)(H,33,36). The first-order chi connectivity index (χ1) is 17.6. The Morgan fingerprint density at radius 2 is 1.70 bits per heavy atom. The van der Waals surface area contributed by atoms with Crippen molar-refractivity contribution in [3.63, 3.8) is 0 Å². The molecule has 8 heteroatoms. The zero-order valence-corrected chi connectivity index (χ0v) is 22.1. The summed E-state index contributed by atoms with van der Waals surface area (Å²) in [7, 11) is 0. The SMILES string of the molecule is CC(C)(C)OC(=O)NC1CCC(CN2CCC(NC(=O)c3ccc(-c4cccc(F)c4)nc3)CC2)CC1. The molecule has 0 atom stereocenters. The predicted octanol–water partition coefficient (Wildman–Crippen LogP) is 5.17.